The van der Waals surface area contributed by atoms with E-state index in [1.807, 2.05) is 35.9 Å². The van der Waals surface area contributed by atoms with Gasteiger partial charge < -0.3 is 9.47 Å². The Balaban J connectivity index is 1.94. The summed E-state index contributed by atoms with van der Waals surface area (Å²) in [5.41, 5.74) is 1.61. The summed E-state index contributed by atoms with van der Waals surface area (Å²) in [6.45, 7) is 1.92. The average Bonchev–Trinajstić information content (AvgIpc) is 3.18. The molecule has 0 radical (unpaired) electrons. The van der Waals surface area contributed by atoms with Gasteiger partial charge in [0, 0.05) is 20.2 Å². The maximum absolute atomic E-state index is 12.7. The first kappa shape index (κ1) is 17.1. The van der Waals surface area contributed by atoms with E-state index in [-0.39, 0.29) is 5.91 Å². The standard InChI is InChI=1S/C18H20N5O4/c1-10-9-22-14-15(20(2)18(25)21(3)16(14)24)19-17(22)23(10)12-8-11(26-4)6-7-13(12)27-5/h6-9,14H,1-5H3/q+1. The fraction of sp³-hybridized carbons (Fsp3) is 0.333. The minimum atomic E-state index is -0.663. The van der Waals surface area contributed by atoms with Gasteiger partial charge in [0.1, 0.15) is 17.6 Å². The Morgan fingerprint density at radius 1 is 1.11 bits per heavy atom. The molecule has 27 heavy (non-hydrogen) atoms. The summed E-state index contributed by atoms with van der Waals surface area (Å²) < 4.78 is 14.5. The number of amidine groups is 1. The summed E-state index contributed by atoms with van der Waals surface area (Å²) in [6.07, 6.45) is 1.85. The molecule has 0 N–H and O–H groups in total. The van der Waals surface area contributed by atoms with Crippen LogP contribution in [0.5, 0.6) is 11.5 Å². The van der Waals surface area contributed by atoms with Crippen molar-refractivity contribution in [1.82, 2.24) is 14.4 Å². The highest BCUT2D eigenvalue weighted by molar-refractivity contribution is 6.18. The van der Waals surface area contributed by atoms with Crippen LogP contribution in [0, 0.1) is 6.92 Å². The van der Waals surface area contributed by atoms with Crippen LogP contribution in [-0.4, -0.2) is 60.5 Å². The lowest BCUT2D eigenvalue weighted by Crippen LogP contribution is -2.61. The van der Waals surface area contributed by atoms with Gasteiger partial charge in [-0.15, -0.1) is 0 Å². The summed E-state index contributed by atoms with van der Waals surface area (Å²) in [5.74, 6) is 1.95. The first-order chi connectivity index (χ1) is 12.9. The molecule has 9 heteroatoms. The number of aromatic nitrogens is 2. The largest absolute Gasteiger partial charge is 0.497 e. The molecule has 1 fully saturated rings. The van der Waals surface area contributed by atoms with Crippen LogP contribution in [0.25, 0.3) is 5.69 Å². The van der Waals surface area contributed by atoms with Crippen LogP contribution in [0.15, 0.2) is 29.4 Å². The van der Waals surface area contributed by atoms with Gasteiger partial charge in [0.2, 0.25) is 11.9 Å². The molecule has 3 amide bonds. The van der Waals surface area contributed by atoms with E-state index in [9.17, 15) is 9.59 Å². The number of carbonyl (C=O) groups is 2. The molecule has 0 spiro atoms. The number of urea groups is 1. The lowest BCUT2D eigenvalue weighted by atomic mass is 10.2. The van der Waals surface area contributed by atoms with E-state index in [2.05, 4.69) is 4.99 Å². The minimum absolute atomic E-state index is 0.310. The molecule has 4 rings (SSSR count). The van der Waals surface area contributed by atoms with E-state index in [0.717, 1.165) is 16.3 Å². The van der Waals surface area contributed by atoms with Gasteiger partial charge in [0.25, 0.3) is 5.91 Å². The van der Waals surface area contributed by atoms with E-state index in [1.165, 1.54) is 11.9 Å². The van der Waals surface area contributed by atoms with Crippen molar-refractivity contribution in [3.63, 3.8) is 0 Å². The number of rotatable bonds is 3. The topological polar surface area (TPSA) is 80.2 Å². The molecule has 2 aliphatic heterocycles. The molecule has 1 saturated heterocycles. The first-order valence-corrected chi connectivity index (χ1v) is 8.38. The van der Waals surface area contributed by atoms with Crippen molar-refractivity contribution < 1.29 is 23.6 Å². The second-order valence-corrected chi connectivity index (χ2v) is 6.46. The van der Waals surface area contributed by atoms with E-state index in [1.54, 1.807) is 25.8 Å². The Morgan fingerprint density at radius 2 is 1.85 bits per heavy atom. The molecule has 140 valence electrons. The van der Waals surface area contributed by atoms with Gasteiger partial charge >= 0.3 is 12.0 Å². The monoisotopic (exact) mass is 370 g/mol. The number of likely N-dealkylation sites (N-methyl/N-ethyl adjacent to an activating group) is 2. The Hall–Kier alpha value is -3.36. The van der Waals surface area contributed by atoms with Gasteiger partial charge in [-0.05, 0) is 19.1 Å². The van der Waals surface area contributed by atoms with Crippen LogP contribution < -0.4 is 14.0 Å². The quantitative estimate of drug-likeness (QED) is 0.761. The fourth-order valence-electron chi connectivity index (χ4n) is 3.53. The minimum Gasteiger partial charge on any atom is -0.497 e. The number of methoxy groups -OCH3 is 2. The third-order valence-electron chi connectivity index (χ3n) is 4.96. The number of imide groups is 1. The normalized spacial score (nSPS) is 18.4. The molecule has 1 atom stereocenters. The van der Waals surface area contributed by atoms with Gasteiger partial charge in [-0.3, -0.25) is 14.6 Å². The highest BCUT2D eigenvalue weighted by atomic mass is 16.5. The van der Waals surface area contributed by atoms with Crippen molar-refractivity contribution in [2.45, 2.75) is 13.0 Å². The number of amides is 3. The number of carbonyl (C=O) groups excluding carboxylic acids is 2. The van der Waals surface area contributed by atoms with Gasteiger partial charge in [-0.1, -0.05) is 4.99 Å². The molecule has 2 aliphatic rings. The highest BCUT2D eigenvalue weighted by Gasteiger charge is 2.52. The molecule has 0 aliphatic carbocycles. The van der Waals surface area contributed by atoms with Crippen LogP contribution in [-0.2, 0) is 4.79 Å². The van der Waals surface area contributed by atoms with E-state index < -0.39 is 12.1 Å². The molecular weight excluding hydrogens is 350 g/mol. The number of aliphatic imine (C=N–C) groups is 1. The summed E-state index contributed by atoms with van der Waals surface area (Å²) in [6, 6.07) is 4.41. The molecule has 1 unspecified atom stereocenters. The zero-order chi connectivity index (χ0) is 19.5. The highest BCUT2D eigenvalue weighted by Crippen LogP contribution is 2.35. The number of hydrogen-bond donors (Lipinski definition) is 0. The van der Waals surface area contributed by atoms with Crippen molar-refractivity contribution in [3.8, 4) is 17.2 Å². The molecular formula is C18H20N5O4+. The number of hydrogen-bond acceptors (Lipinski definition) is 5. The van der Waals surface area contributed by atoms with Crippen LogP contribution in [0.4, 0.5) is 10.7 Å². The summed E-state index contributed by atoms with van der Waals surface area (Å²) in [4.78, 5) is 32.1. The second-order valence-electron chi connectivity index (χ2n) is 6.46. The zero-order valence-corrected chi connectivity index (χ0v) is 15.8. The summed E-state index contributed by atoms with van der Waals surface area (Å²) >= 11 is 0. The molecule has 3 heterocycles. The lowest BCUT2D eigenvalue weighted by molar-refractivity contribution is -0.676. The van der Waals surface area contributed by atoms with Gasteiger partial charge in [0.15, 0.2) is 11.4 Å². The average molecular weight is 370 g/mol. The molecule has 9 nitrogen and oxygen atoms in total. The molecule has 1 aromatic carbocycles. The predicted octanol–water partition coefficient (Wildman–Crippen LogP) is 1.20. The van der Waals surface area contributed by atoms with Crippen molar-refractivity contribution in [3.05, 3.63) is 30.1 Å². The van der Waals surface area contributed by atoms with Crippen molar-refractivity contribution >= 4 is 23.7 Å². The van der Waals surface area contributed by atoms with Crippen molar-refractivity contribution in [2.24, 2.45) is 4.99 Å². The SMILES string of the molecule is COc1ccc(OC)c(-n2c(C)c[n+]3c2N=C2C3C(=O)N(C)C(=O)N2C)c1. The maximum atomic E-state index is 12.7. The molecule has 2 aromatic rings. The van der Waals surface area contributed by atoms with Crippen LogP contribution in [0.1, 0.15) is 11.7 Å². The summed E-state index contributed by atoms with van der Waals surface area (Å²) in [5, 5.41) is 0. The molecule has 0 bridgehead atoms. The number of benzene rings is 1. The number of aryl methyl sites for hydroxylation is 1. The number of fused-ring (bicyclic) bond motifs is 3. The Kier molecular flexibility index (Phi) is 3.69. The fourth-order valence-corrected chi connectivity index (χ4v) is 3.53. The van der Waals surface area contributed by atoms with Gasteiger partial charge in [0.05, 0.1) is 14.2 Å². The third-order valence-corrected chi connectivity index (χ3v) is 4.96. The lowest BCUT2D eigenvalue weighted by Gasteiger charge is -2.30. The Labute approximate surface area is 156 Å². The van der Waals surface area contributed by atoms with E-state index in [0.29, 0.717) is 23.3 Å². The van der Waals surface area contributed by atoms with Crippen LogP contribution in [0.2, 0.25) is 0 Å². The molecule has 0 saturated carbocycles. The first-order valence-electron chi connectivity index (χ1n) is 8.38. The van der Waals surface area contributed by atoms with Crippen LogP contribution >= 0.6 is 0 Å². The van der Waals surface area contributed by atoms with E-state index >= 15 is 0 Å². The number of imidazole rings is 1. The predicted molar refractivity (Wildman–Crippen MR) is 95.9 cm³/mol. The zero-order valence-electron chi connectivity index (χ0n) is 15.8. The Morgan fingerprint density at radius 3 is 2.52 bits per heavy atom. The van der Waals surface area contributed by atoms with Gasteiger partial charge in [-0.2, -0.15) is 4.57 Å². The van der Waals surface area contributed by atoms with Crippen molar-refractivity contribution in [1.29, 1.82) is 0 Å². The van der Waals surface area contributed by atoms with Gasteiger partial charge in [-0.25, -0.2) is 9.36 Å². The third kappa shape index (κ3) is 2.24. The second kappa shape index (κ2) is 5.83. The van der Waals surface area contributed by atoms with Crippen LogP contribution in [0.3, 0.4) is 0 Å². The maximum Gasteiger partial charge on any atom is 0.407 e. The van der Waals surface area contributed by atoms with E-state index in [4.69, 9.17) is 9.47 Å². The summed E-state index contributed by atoms with van der Waals surface area (Å²) in [7, 11) is 6.28. The smallest absolute Gasteiger partial charge is 0.407 e. The number of nitrogens with zero attached hydrogens (tertiary/aromatic N) is 5. The Bertz CT molecular complexity index is 1010. The molecule has 1 aromatic heterocycles. The number of ether oxygens (including phenoxy) is 2. The van der Waals surface area contributed by atoms with Crippen molar-refractivity contribution in [2.75, 3.05) is 28.3 Å².